The maximum Gasteiger partial charge on any atom is 0.317 e. The molecule has 0 aromatic heterocycles. The first-order valence-corrected chi connectivity index (χ1v) is 7.11. The molecule has 1 atom stereocenters. The van der Waals surface area contributed by atoms with Gasteiger partial charge in [0.05, 0.1) is 19.3 Å². The molecule has 2 rings (SSSR count). The Hall–Kier alpha value is -1.75. The Kier molecular flexibility index (Phi) is 5.24. The molecule has 0 saturated carbocycles. The van der Waals surface area contributed by atoms with Crippen molar-refractivity contribution in [3.8, 4) is 5.75 Å². The standard InChI is InChI=1S/C15H22N2O3/c1-2-20-14-7-3-5-12(9-14)10-16-15(19)17-8-4-6-13(17)11-18/h3,5,7,9,13,18H,2,4,6,8,10-11H2,1H3,(H,16,19)/t13-/m0/s1. The van der Waals surface area contributed by atoms with Crippen LogP contribution < -0.4 is 10.1 Å². The zero-order valence-electron chi connectivity index (χ0n) is 11.8. The van der Waals surface area contributed by atoms with Crippen LogP contribution in [-0.4, -0.2) is 41.8 Å². The average Bonchev–Trinajstić information content (AvgIpc) is 2.94. The number of amides is 2. The summed E-state index contributed by atoms with van der Waals surface area (Å²) in [6, 6.07) is 7.55. The van der Waals surface area contributed by atoms with E-state index in [0.717, 1.165) is 30.7 Å². The van der Waals surface area contributed by atoms with Crippen molar-refractivity contribution in [1.82, 2.24) is 10.2 Å². The van der Waals surface area contributed by atoms with Gasteiger partial charge in [-0.25, -0.2) is 4.79 Å². The van der Waals surface area contributed by atoms with Gasteiger partial charge in [-0.3, -0.25) is 0 Å². The van der Waals surface area contributed by atoms with Gasteiger partial charge in [-0.2, -0.15) is 0 Å². The highest BCUT2D eigenvalue weighted by Gasteiger charge is 2.27. The number of nitrogens with zero attached hydrogens (tertiary/aromatic N) is 1. The number of ether oxygens (including phenoxy) is 1. The number of likely N-dealkylation sites (tertiary alicyclic amines) is 1. The molecule has 5 nitrogen and oxygen atoms in total. The summed E-state index contributed by atoms with van der Waals surface area (Å²) < 4.78 is 5.43. The Balaban J connectivity index is 1.88. The lowest BCUT2D eigenvalue weighted by molar-refractivity contribution is 0.157. The number of aliphatic hydroxyl groups excluding tert-OH is 1. The van der Waals surface area contributed by atoms with Crippen molar-refractivity contribution in [1.29, 1.82) is 0 Å². The van der Waals surface area contributed by atoms with E-state index in [-0.39, 0.29) is 18.7 Å². The van der Waals surface area contributed by atoms with Crippen LogP contribution in [0, 0.1) is 0 Å². The maximum atomic E-state index is 12.1. The third-order valence-corrected chi connectivity index (χ3v) is 3.50. The smallest absolute Gasteiger partial charge is 0.317 e. The van der Waals surface area contributed by atoms with E-state index in [2.05, 4.69) is 5.32 Å². The third kappa shape index (κ3) is 3.63. The average molecular weight is 278 g/mol. The van der Waals surface area contributed by atoms with Gasteiger partial charge in [-0.05, 0) is 37.5 Å². The molecule has 1 heterocycles. The van der Waals surface area contributed by atoms with E-state index in [4.69, 9.17) is 4.74 Å². The fourth-order valence-corrected chi connectivity index (χ4v) is 2.48. The second-order valence-electron chi connectivity index (χ2n) is 4.91. The Bertz CT molecular complexity index is 450. The minimum Gasteiger partial charge on any atom is -0.494 e. The van der Waals surface area contributed by atoms with E-state index in [1.165, 1.54) is 0 Å². The zero-order valence-corrected chi connectivity index (χ0v) is 11.8. The molecular formula is C15H22N2O3. The van der Waals surface area contributed by atoms with Gasteiger partial charge in [0.1, 0.15) is 5.75 Å². The van der Waals surface area contributed by atoms with Crippen molar-refractivity contribution < 1.29 is 14.6 Å². The van der Waals surface area contributed by atoms with Gasteiger partial charge < -0.3 is 20.1 Å². The zero-order chi connectivity index (χ0) is 14.4. The lowest BCUT2D eigenvalue weighted by Crippen LogP contribution is -2.43. The molecule has 1 saturated heterocycles. The van der Waals surface area contributed by atoms with Gasteiger partial charge in [0.2, 0.25) is 0 Å². The van der Waals surface area contributed by atoms with E-state index >= 15 is 0 Å². The largest absolute Gasteiger partial charge is 0.494 e. The topological polar surface area (TPSA) is 61.8 Å². The minimum atomic E-state index is -0.108. The molecule has 110 valence electrons. The molecule has 0 aliphatic carbocycles. The number of urea groups is 1. The number of rotatable bonds is 5. The molecule has 2 N–H and O–H groups in total. The maximum absolute atomic E-state index is 12.1. The molecule has 1 aliphatic heterocycles. The van der Waals surface area contributed by atoms with E-state index in [9.17, 15) is 9.90 Å². The summed E-state index contributed by atoms with van der Waals surface area (Å²) in [6.45, 7) is 3.79. The first-order valence-electron chi connectivity index (χ1n) is 7.11. The molecule has 0 bridgehead atoms. The van der Waals surface area contributed by atoms with Crippen molar-refractivity contribution in [3.63, 3.8) is 0 Å². The Morgan fingerprint density at radius 3 is 3.15 bits per heavy atom. The van der Waals surface area contributed by atoms with Gasteiger partial charge in [0.25, 0.3) is 0 Å². The molecule has 0 radical (unpaired) electrons. The monoisotopic (exact) mass is 278 g/mol. The highest BCUT2D eigenvalue weighted by Crippen LogP contribution is 2.17. The van der Waals surface area contributed by atoms with Gasteiger partial charge in [-0.15, -0.1) is 0 Å². The van der Waals surface area contributed by atoms with Crippen molar-refractivity contribution in [2.75, 3.05) is 19.8 Å². The highest BCUT2D eigenvalue weighted by atomic mass is 16.5. The summed E-state index contributed by atoms with van der Waals surface area (Å²) >= 11 is 0. The second-order valence-corrected chi connectivity index (χ2v) is 4.91. The van der Waals surface area contributed by atoms with Crippen LogP contribution in [-0.2, 0) is 6.54 Å². The summed E-state index contributed by atoms with van der Waals surface area (Å²) in [7, 11) is 0. The van der Waals surface area contributed by atoms with E-state index in [1.807, 2.05) is 31.2 Å². The van der Waals surface area contributed by atoms with Gasteiger partial charge in [-0.1, -0.05) is 12.1 Å². The van der Waals surface area contributed by atoms with Gasteiger partial charge in [0, 0.05) is 13.1 Å². The first-order chi connectivity index (χ1) is 9.74. The van der Waals surface area contributed by atoms with Crippen LogP contribution in [0.2, 0.25) is 0 Å². The molecular weight excluding hydrogens is 256 g/mol. The van der Waals surface area contributed by atoms with Crippen LogP contribution in [0.3, 0.4) is 0 Å². The summed E-state index contributed by atoms with van der Waals surface area (Å²) in [5.74, 6) is 0.814. The summed E-state index contributed by atoms with van der Waals surface area (Å²) in [5, 5.41) is 12.1. The SMILES string of the molecule is CCOc1cccc(CNC(=O)N2CCC[C@H]2CO)c1. The van der Waals surface area contributed by atoms with Crippen molar-refractivity contribution in [2.24, 2.45) is 0 Å². The predicted octanol–water partition coefficient (Wildman–Crippen LogP) is 1.75. The number of nitrogens with one attached hydrogen (secondary N) is 1. The number of carbonyl (C=O) groups is 1. The van der Waals surface area contributed by atoms with Crippen molar-refractivity contribution in [3.05, 3.63) is 29.8 Å². The lowest BCUT2D eigenvalue weighted by atomic mass is 10.2. The van der Waals surface area contributed by atoms with Gasteiger partial charge >= 0.3 is 6.03 Å². The van der Waals surface area contributed by atoms with Gasteiger partial charge in [0.15, 0.2) is 0 Å². The van der Waals surface area contributed by atoms with E-state index in [1.54, 1.807) is 4.90 Å². The Morgan fingerprint density at radius 1 is 1.55 bits per heavy atom. The van der Waals surface area contributed by atoms with Crippen LogP contribution in [0.15, 0.2) is 24.3 Å². The highest BCUT2D eigenvalue weighted by molar-refractivity contribution is 5.74. The Labute approximate surface area is 119 Å². The van der Waals surface area contributed by atoms with Crippen molar-refractivity contribution in [2.45, 2.75) is 32.4 Å². The quantitative estimate of drug-likeness (QED) is 0.862. The van der Waals surface area contributed by atoms with Crippen LogP contribution >= 0.6 is 0 Å². The number of aliphatic hydroxyl groups is 1. The van der Waals surface area contributed by atoms with Crippen LogP contribution in [0.25, 0.3) is 0 Å². The minimum absolute atomic E-state index is 0.0350. The second kappa shape index (κ2) is 7.14. The van der Waals surface area contributed by atoms with E-state index < -0.39 is 0 Å². The summed E-state index contributed by atoms with van der Waals surface area (Å²) in [5.41, 5.74) is 1.00. The normalized spacial score (nSPS) is 18.1. The molecule has 1 aliphatic rings. The molecule has 5 heteroatoms. The first kappa shape index (κ1) is 14.7. The molecule has 0 spiro atoms. The molecule has 1 aromatic carbocycles. The molecule has 20 heavy (non-hydrogen) atoms. The molecule has 0 unspecified atom stereocenters. The molecule has 1 fully saturated rings. The number of hydrogen-bond acceptors (Lipinski definition) is 3. The number of benzene rings is 1. The fraction of sp³-hybridized carbons (Fsp3) is 0.533. The number of carbonyl (C=O) groups excluding carboxylic acids is 1. The summed E-state index contributed by atoms with van der Waals surface area (Å²) in [4.78, 5) is 13.8. The fourth-order valence-electron chi connectivity index (χ4n) is 2.48. The van der Waals surface area contributed by atoms with Crippen LogP contribution in [0.1, 0.15) is 25.3 Å². The summed E-state index contributed by atoms with van der Waals surface area (Å²) in [6.07, 6.45) is 1.84. The molecule has 1 aromatic rings. The Morgan fingerprint density at radius 2 is 2.40 bits per heavy atom. The van der Waals surface area contributed by atoms with Crippen molar-refractivity contribution >= 4 is 6.03 Å². The van der Waals surface area contributed by atoms with Crippen LogP contribution in [0.4, 0.5) is 4.79 Å². The third-order valence-electron chi connectivity index (χ3n) is 3.50. The number of hydrogen-bond donors (Lipinski definition) is 2. The van der Waals surface area contributed by atoms with E-state index in [0.29, 0.717) is 13.2 Å². The predicted molar refractivity (Wildman–Crippen MR) is 76.7 cm³/mol. The van der Waals surface area contributed by atoms with Crippen LogP contribution in [0.5, 0.6) is 5.75 Å². The molecule has 2 amide bonds. The lowest BCUT2D eigenvalue weighted by Gasteiger charge is -2.23.